The highest BCUT2D eigenvalue weighted by atomic mass is 32.2. The van der Waals surface area contributed by atoms with Crippen LogP contribution < -0.4 is 9.88 Å². The molecule has 0 spiro atoms. The number of primary sulfonamides is 1. The van der Waals surface area contributed by atoms with Crippen LogP contribution in [-0.2, 0) is 21.2 Å². The number of nitrogens with zero attached hydrogens (tertiary/aromatic N) is 2. The van der Waals surface area contributed by atoms with E-state index in [-0.39, 0.29) is 11.3 Å². The summed E-state index contributed by atoms with van der Waals surface area (Å²) in [6.07, 6.45) is 5.23. The topological polar surface area (TPSA) is 94.8 Å². The molecule has 1 fully saturated rings. The van der Waals surface area contributed by atoms with Gasteiger partial charge in [0.15, 0.2) is 17.8 Å². The Morgan fingerprint density at radius 2 is 1.88 bits per heavy atom. The number of sulfonamides is 1. The van der Waals surface area contributed by atoms with Gasteiger partial charge in [0.05, 0.1) is 6.61 Å². The summed E-state index contributed by atoms with van der Waals surface area (Å²) in [7, 11) is -4.34. The molecule has 1 saturated heterocycles. The molecule has 0 bridgehead atoms. The van der Waals surface area contributed by atoms with E-state index in [1.165, 1.54) is 12.1 Å². The molecule has 1 aliphatic rings. The molecule has 0 amide bonds. The van der Waals surface area contributed by atoms with Crippen LogP contribution in [0, 0.1) is 5.82 Å². The molecule has 1 aliphatic heterocycles. The zero-order valence-electron chi connectivity index (χ0n) is 18.1. The molecule has 0 saturated carbocycles. The summed E-state index contributed by atoms with van der Waals surface area (Å²) in [6, 6.07) is 15.6. The molecule has 1 atom stereocenters. The number of pyridine rings is 1. The van der Waals surface area contributed by atoms with Gasteiger partial charge in [-0.15, -0.1) is 0 Å². The molecule has 9 heteroatoms. The number of aryl methyl sites for hydroxylation is 1. The van der Waals surface area contributed by atoms with Gasteiger partial charge in [0.1, 0.15) is 11.6 Å². The zero-order chi connectivity index (χ0) is 23.3. The zero-order valence-corrected chi connectivity index (χ0v) is 18.9. The summed E-state index contributed by atoms with van der Waals surface area (Å²) in [5.41, 5.74) is 1.90. The van der Waals surface area contributed by atoms with Gasteiger partial charge in [-0.05, 0) is 54.7 Å². The van der Waals surface area contributed by atoms with Crippen molar-refractivity contribution in [1.82, 2.24) is 9.88 Å². The normalized spacial score (nSPS) is 15.5. The fourth-order valence-electron chi connectivity index (χ4n) is 3.90. The van der Waals surface area contributed by atoms with Crippen molar-refractivity contribution in [3.63, 3.8) is 0 Å². The molecule has 2 N–H and O–H groups in total. The maximum Gasteiger partial charge on any atom is 0.241 e. The van der Waals surface area contributed by atoms with Crippen LogP contribution in [0.5, 0.6) is 5.75 Å². The van der Waals surface area contributed by atoms with Gasteiger partial charge in [-0.3, -0.25) is 4.98 Å². The Bertz CT molecular complexity index is 1170. The number of ether oxygens (including phenoxy) is 2. The largest absolute Gasteiger partial charge is 0.472 e. The number of aromatic nitrogens is 1. The molecule has 2 heterocycles. The van der Waals surface area contributed by atoms with Crippen molar-refractivity contribution < 1.29 is 22.3 Å². The minimum atomic E-state index is -4.34. The average Bonchev–Trinajstić information content (AvgIpc) is 3.35. The van der Waals surface area contributed by atoms with Crippen molar-refractivity contribution in [1.29, 1.82) is 0 Å². The van der Waals surface area contributed by atoms with Crippen LogP contribution in [0.4, 0.5) is 4.39 Å². The Morgan fingerprint density at radius 1 is 1.12 bits per heavy atom. The molecule has 0 radical (unpaired) electrons. The molecule has 0 aliphatic carbocycles. The number of rotatable bonds is 9. The molecule has 3 aromatic rings. The summed E-state index contributed by atoms with van der Waals surface area (Å²) in [6.45, 7) is 1.57. The maximum atomic E-state index is 15.5. The first kappa shape index (κ1) is 23.3. The van der Waals surface area contributed by atoms with Gasteiger partial charge in [0, 0.05) is 24.5 Å². The van der Waals surface area contributed by atoms with Gasteiger partial charge in [-0.25, -0.2) is 22.8 Å². The van der Waals surface area contributed by atoms with Crippen LogP contribution in [0.25, 0.3) is 11.1 Å². The Balaban J connectivity index is 1.60. The van der Waals surface area contributed by atoms with Crippen LogP contribution in [0.2, 0.25) is 0 Å². The molecule has 7 nitrogen and oxygen atoms in total. The first-order valence-electron chi connectivity index (χ1n) is 10.7. The highest BCUT2D eigenvalue weighted by molar-refractivity contribution is 7.89. The summed E-state index contributed by atoms with van der Waals surface area (Å²) < 4.78 is 51.6. The first-order valence-corrected chi connectivity index (χ1v) is 12.3. The first-order chi connectivity index (χ1) is 15.9. The molecular formula is C24H26FN3O4S. The molecule has 174 valence electrons. The summed E-state index contributed by atoms with van der Waals surface area (Å²) in [5.74, 6) is -1.14. The lowest BCUT2D eigenvalue weighted by molar-refractivity contribution is 0.00102. The quantitative estimate of drug-likeness (QED) is 0.513. The third-order valence-electron chi connectivity index (χ3n) is 5.55. The molecule has 2 aromatic carbocycles. The summed E-state index contributed by atoms with van der Waals surface area (Å²) in [4.78, 5) is 5.42. The van der Waals surface area contributed by atoms with Crippen molar-refractivity contribution in [3.05, 3.63) is 78.4 Å². The van der Waals surface area contributed by atoms with Crippen LogP contribution in [0.1, 0.15) is 18.4 Å². The Labute approximate surface area is 193 Å². The van der Waals surface area contributed by atoms with Crippen LogP contribution in [0.15, 0.2) is 71.9 Å². The van der Waals surface area contributed by atoms with Gasteiger partial charge in [0.2, 0.25) is 10.0 Å². The fraction of sp³-hybridized carbons (Fsp3) is 0.292. The number of hydrogen-bond donors (Lipinski definition) is 1. The van der Waals surface area contributed by atoms with E-state index < -0.39 is 27.0 Å². The van der Waals surface area contributed by atoms with Gasteiger partial charge >= 0.3 is 0 Å². The van der Waals surface area contributed by atoms with E-state index in [0.29, 0.717) is 31.9 Å². The van der Waals surface area contributed by atoms with E-state index in [4.69, 9.17) is 14.6 Å². The Kier molecular flexibility index (Phi) is 7.34. The lowest BCUT2D eigenvalue weighted by atomic mass is 10.1. The Morgan fingerprint density at radius 3 is 2.55 bits per heavy atom. The average molecular weight is 472 g/mol. The lowest BCUT2D eigenvalue weighted by Gasteiger charge is -2.27. The monoisotopic (exact) mass is 471 g/mol. The third kappa shape index (κ3) is 5.75. The summed E-state index contributed by atoms with van der Waals surface area (Å²) >= 11 is 0. The third-order valence-corrected chi connectivity index (χ3v) is 6.52. The molecule has 4 rings (SSSR count). The van der Waals surface area contributed by atoms with Crippen molar-refractivity contribution in [3.8, 4) is 16.9 Å². The smallest absolute Gasteiger partial charge is 0.241 e. The molecule has 33 heavy (non-hydrogen) atoms. The fourth-order valence-corrected chi connectivity index (χ4v) is 4.74. The number of nitrogens with two attached hydrogens (primary N) is 1. The van der Waals surface area contributed by atoms with Crippen LogP contribution in [0.3, 0.4) is 0 Å². The van der Waals surface area contributed by atoms with E-state index >= 15 is 4.39 Å². The maximum absolute atomic E-state index is 15.5. The summed E-state index contributed by atoms with van der Waals surface area (Å²) in [5, 5.41) is 5.40. The second kappa shape index (κ2) is 10.4. The second-order valence-corrected chi connectivity index (χ2v) is 9.33. The predicted molar refractivity (Wildman–Crippen MR) is 122 cm³/mol. The van der Waals surface area contributed by atoms with Crippen molar-refractivity contribution in [2.24, 2.45) is 5.14 Å². The molecule has 1 unspecified atom stereocenters. The number of halogens is 1. The Hall–Kier alpha value is -2.85. The van der Waals surface area contributed by atoms with E-state index in [9.17, 15) is 8.42 Å². The highest BCUT2D eigenvalue weighted by Crippen LogP contribution is 2.34. The van der Waals surface area contributed by atoms with E-state index in [0.717, 1.165) is 18.4 Å². The number of benzene rings is 2. The SMILES string of the molecule is NS(=O)(=O)c1c(-c2ccccc2)ccc(OC(CCCc2ccncc2)N2CCOC2)c1F. The van der Waals surface area contributed by atoms with E-state index in [2.05, 4.69) is 4.98 Å². The minimum Gasteiger partial charge on any atom is -0.472 e. The van der Waals surface area contributed by atoms with Crippen LogP contribution in [-0.4, -0.2) is 44.4 Å². The second-order valence-electron chi connectivity index (χ2n) is 7.84. The van der Waals surface area contributed by atoms with Gasteiger partial charge in [-0.1, -0.05) is 30.3 Å². The van der Waals surface area contributed by atoms with Crippen molar-refractivity contribution in [2.75, 3.05) is 19.9 Å². The van der Waals surface area contributed by atoms with Crippen molar-refractivity contribution >= 4 is 10.0 Å². The lowest BCUT2D eigenvalue weighted by Crippen LogP contribution is -2.38. The minimum absolute atomic E-state index is 0.153. The molecule has 1 aromatic heterocycles. The van der Waals surface area contributed by atoms with E-state index in [1.54, 1.807) is 42.7 Å². The van der Waals surface area contributed by atoms with Crippen molar-refractivity contribution in [2.45, 2.75) is 30.4 Å². The van der Waals surface area contributed by atoms with Gasteiger partial charge in [0.25, 0.3) is 0 Å². The molecular weight excluding hydrogens is 445 g/mol. The standard InChI is InChI=1S/C24H26FN3O4S/c25-23-21(10-9-20(24(23)33(26,29)30)19-6-2-1-3-7-19)32-22(28-15-16-31-17-28)8-4-5-18-11-13-27-14-12-18/h1-3,6-7,9-14,22H,4-5,8,15-17H2,(H2,26,29,30). The van der Waals surface area contributed by atoms with Gasteiger partial charge < -0.3 is 9.47 Å². The van der Waals surface area contributed by atoms with Gasteiger partial charge in [-0.2, -0.15) is 0 Å². The van der Waals surface area contributed by atoms with E-state index in [1.807, 2.05) is 17.0 Å². The highest BCUT2D eigenvalue weighted by Gasteiger charge is 2.28. The van der Waals surface area contributed by atoms with Crippen LogP contribution >= 0.6 is 0 Å². The number of hydrogen-bond acceptors (Lipinski definition) is 6. The predicted octanol–water partition coefficient (Wildman–Crippen LogP) is 3.55.